The molecule has 0 atom stereocenters. The van der Waals surface area contributed by atoms with Gasteiger partial charge in [0.05, 0.1) is 15.2 Å². The van der Waals surface area contributed by atoms with Crippen molar-refractivity contribution in [3.05, 3.63) is 70.4 Å². The molecule has 0 aliphatic rings. The quantitative estimate of drug-likeness (QED) is 0.856. The van der Waals surface area contributed by atoms with Gasteiger partial charge in [0.15, 0.2) is 0 Å². The lowest BCUT2D eigenvalue weighted by molar-refractivity contribution is 0.600. The standard InChI is InChI=1S/C14H11ClO4S2/c15-14(21(18,19)13-9-5-2-6-10-13)11-20(16,17)12-7-3-1-4-8-12/h1-11H. The SMILES string of the molecule is O=S(=O)(C=C(Cl)S(=O)(=O)c1ccccc1)c1ccccc1. The zero-order valence-corrected chi connectivity index (χ0v) is 13.1. The Morgan fingerprint density at radius 2 is 1.19 bits per heavy atom. The molecule has 2 rings (SSSR count). The normalized spacial score (nSPS) is 13.1. The summed E-state index contributed by atoms with van der Waals surface area (Å²) in [6, 6.07) is 14.9. The van der Waals surface area contributed by atoms with Crippen LogP contribution in [0.1, 0.15) is 0 Å². The molecule has 0 radical (unpaired) electrons. The van der Waals surface area contributed by atoms with E-state index in [0.717, 1.165) is 0 Å². The highest BCUT2D eigenvalue weighted by Crippen LogP contribution is 2.24. The second-order valence-electron chi connectivity index (χ2n) is 4.10. The number of rotatable bonds is 4. The summed E-state index contributed by atoms with van der Waals surface area (Å²) in [6.45, 7) is 0. The molecular weight excluding hydrogens is 332 g/mol. The van der Waals surface area contributed by atoms with Crippen LogP contribution in [0, 0.1) is 0 Å². The van der Waals surface area contributed by atoms with Crippen molar-refractivity contribution in [1.82, 2.24) is 0 Å². The van der Waals surface area contributed by atoms with E-state index in [1.165, 1.54) is 36.4 Å². The number of benzene rings is 2. The summed E-state index contributed by atoms with van der Waals surface area (Å²) >= 11 is 5.74. The predicted octanol–water partition coefficient (Wildman–Crippen LogP) is 2.97. The van der Waals surface area contributed by atoms with Crippen molar-refractivity contribution < 1.29 is 16.8 Å². The molecule has 0 bridgehead atoms. The van der Waals surface area contributed by atoms with Crippen molar-refractivity contribution in [2.45, 2.75) is 9.79 Å². The zero-order valence-electron chi connectivity index (χ0n) is 10.7. The molecule has 4 nitrogen and oxygen atoms in total. The fourth-order valence-electron chi connectivity index (χ4n) is 1.58. The van der Waals surface area contributed by atoms with Crippen molar-refractivity contribution >= 4 is 31.3 Å². The third-order valence-electron chi connectivity index (χ3n) is 2.63. The molecule has 2 aromatic carbocycles. The average molecular weight is 343 g/mol. The van der Waals surface area contributed by atoms with E-state index >= 15 is 0 Å². The molecular formula is C14H11ClO4S2. The number of sulfone groups is 2. The maximum atomic E-state index is 12.2. The van der Waals surface area contributed by atoms with E-state index in [9.17, 15) is 16.8 Å². The van der Waals surface area contributed by atoms with Crippen LogP contribution < -0.4 is 0 Å². The van der Waals surface area contributed by atoms with Gasteiger partial charge in [-0.1, -0.05) is 48.0 Å². The minimum Gasteiger partial charge on any atom is -0.219 e. The lowest BCUT2D eigenvalue weighted by Gasteiger charge is -2.03. The van der Waals surface area contributed by atoms with Gasteiger partial charge in [-0.2, -0.15) is 0 Å². The Hall–Kier alpha value is -1.63. The van der Waals surface area contributed by atoms with E-state index in [2.05, 4.69) is 0 Å². The number of hydrogen-bond donors (Lipinski definition) is 0. The lowest BCUT2D eigenvalue weighted by Crippen LogP contribution is -2.04. The average Bonchev–Trinajstić information content (AvgIpc) is 2.48. The van der Waals surface area contributed by atoms with Crippen LogP contribution in [0.2, 0.25) is 0 Å². The Labute approximate surface area is 128 Å². The molecule has 0 saturated carbocycles. The first kappa shape index (κ1) is 15.8. The first-order chi connectivity index (χ1) is 9.84. The Morgan fingerprint density at radius 1 is 0.762 bits per heavy atom. The number of hydrogen-bond acceptors (Lipinski definition) is 4. The smallest absolute Gasteiger partial charge is 0.218 e. The molecule has 0 unspecified atom stereocenters. The highest BCUT2D eigenvalue weighted by atomic mass is 35.5. The van der Waals surface area contributed by atoms with Gasteiger partial charge in [-0.3, -0.25) is 0 Å². The molecule has 0 amide bonds. The van der Waals surface area contributed by atoms with Gasteiger partial charge in [-0.05, 0) is 24.3 Å². The third-order valence-corrected chi connectivity index (χ3v) is 6.63. The fourth-order valence-corrected chi connectivity index (χ4v) is 4.74. The largest absolute Gasteiger partial charge is 0.219 e. The van der Waals surface area contributed by atoms with Gasteiger partial charge < -0.3 is 0 Å². The van der Waals surface area contributed by atoms with E-state index in [1.54, 1.807) is 24.3 Å². The van der Waals surface area contributed by atoms with Crippen molar-refractivity contribution in [2.24, 2.45) is 0 Å². The summed E-state index contributed by atoms with van der Waals surface area (Å²) in [7, 11) is -7.96. The van der Waals surface area contributed by atoms with Crippen LogP contribution >= 0.6 is 11.6 Å². The van der Waals surface area contributed by atoms with Crippen LogP contribution in [0.25, 0.3) is 0 Å². The Kier molecular flexibility index (Phi) is 4.51. The van der Waals surface area contributed by atoms with Crippen LogP contribution in [0.5, 0.6) is 0 Å². The van der Waals surface area contributed by atoms with Gasteiger partial charge in [0, 0.05) is 0 Å². The maximum absolute atomic E-state index is 12.2. The summed E-state index contributed by atoms with van der Waals surface area (Å²) in [5, 5.41) is 0.562. The molecule has 0 aromatic heterocycles. The minimum atomic E-state index is -4.03. The summed E-state index contributed by atoms with van der Waals surface area (Å²) in [5.74, 6) is 0. The summed E-state index contributed by atoms with van der Waals surface area (Å²) < 4.78 is 47.8. The van der Waals surface area contributed by atoms with E-state index in [4.69, 9.17) is 11.6 Å². The predicted molar refractivity (Wildman–Crippen MR) is 81.2 cm³/mol. The highest BCUT2D eigenvalue weighted by Gasteiger charge is 2.22. The molecule has 21 heavy (non-hydrogen) atoms. The first-order valence-electron chi connectivity index (χ1n) is 5.81. The van der Waals surface area contributed by atoms with E-state index in [0.29, 0.717) is 5.41 Å². The molecule has 0 aliphatic carbocycles. The van der Waals surface area contributed by atoms with Gasteiger partial charge in [-0.15, -0.1) is 0 Å². The second kappa shape index (κ2) is 6.01. The molecule has 0 spiro atoms. The van der Waals surface area contributed by atoms with Crippen LogP contribution in [0.15, 0.2) is 80.2 Å². The third kappa shape index (κ3) is 3.53. The summed E-state index contributed by atoms with van der Waals surface area (Å²) in [5.41, 5.74) is 0. The van der Waals surface area contributed by atoms with E-state index in [-0.39, 0.29) is 9.79 Å². The van der Waals surface area contributed by atoms with Gasteiger partial charge in [0.1, 0.15) is 4.36 Å². The molecule has 7 heteroatoms. The maximum Gasteiger partial charge on any atom is 0.218 e. The molecule has 0 fully saturated rings. The van der Waals surface area contributed by atoms with Gasteiger partial charge in [0.2, 0.25) is 19.7 Å². The molecule has 0 aliphatic heterocycles. The lowest BCUT2D eigenvalue weighted by atomic mass is 10.4. The minimum absolute atomic E-state index is 0.0218. The van der Waals surface area contributed by atoms with Crippen molar-refractivity contribution in [3.63, 3.8) is 0 Å². The van der Waals surface area contributed by atoms with Crippen molar-refractivity contribution in [2.75, 3.05) is 0 Å². The molecule has 0 N–H and O–H groups in total. The molecule has 2 aromatic rings. The van der Waals surface area contributed by atoms with Crippen LogP contribution in [0.3, 0.4) is 0 Å². The topological polar surface area (TPSA) is 68.3 Å². The first-order valence-corrected chi connectivity index (χ1v) is 9.22. The highest BCUT2D eigenvalue weighted by molar-refractivity contribution is 7.99. The van der Waals surface area contributed by atoms with Crippen LogP contribution in [-0.2, 0) is 19.7 Å². The van der Waals surface area contributed by atoms with E-state index in [1.807, 2.05) is 0 Å². The Bertz CT molecular complexity index is 856. The summed E-state index contributed by atoms with van der Waals surface area (Å²) in [4.78, 5) is -0.0825. The molecule has 0 saturated heterocycles. The Balaban J connectivity index is 2.47. The van der Waals surface area contributed by atoms with Gasteiger partial charge in [-0.25, -0.2) is 16.8 Å². The number of halogens is 1. The second-order valence-corrected chi connectivity index (χ2v) is 8.44. The van der Waals surface area contributed by atoms with Gasteiger partial charge in [0.25, 0.3) is 0 Å². The van der Waals surface area contributed by atoms with Crippen molar-refractivity contribution in [1.29, 1.82) is 0 Å². The monoisotopic (exact) mass is 342 g/mol. The van der Waals surface area contributed by atoms with E-state index < -0.39 is 24.0 Å². The molecule has 110 valence electrons. The van der Waals surface area contributed by atoms with Gasteiger partial charge >= 0.3 is 0 Å². The molecule has 0 heterocycles. The fraction of sp³-hybridized carbons (Fsp3) is 0. The van der Waals surface area contributed by atoms with Crippen LogP contribution in [-0.4, -0.2) is 16.8 Å². The van der Waals surface area contributed by atoms with Crippen molar-refractivity contribution in [3.8, 4) is 0 Å². The summed E-state index contributed by atoms with van der Waals surface area (Å²) in [6.07, 6.45) is 0. The zero-order chi connectivity index (χ0) is 15.5. The Morgan fingerprint density at radius 3 is 1.67 bits per heavy atom. The van der Waals surface area contributed by atoms with Crippen LogP contribution in [0.4, 0.5) is 0 Å².